The van der Waals surface area contributed by atoms with Gasteiger partial charge in [0.15, 0.2) is 0 Å². The number of carboxylic acids is 2. The molecule has 0 radical (unpaired) electrons. The van der Waals surface area contributed by atoms with Crippen molar-refractivity contribution >= 4 is 11.9 Å². The van der Waals surface area contributed by atoms with Gasteiger partial charge in [-0.05, 0) is 11.6 Å². The van der Waals surface area contributed by atoms with Crippen molar-refractivity contribution in [2.45, 2.75) is 12.6 Å². The molecule has 0 aromatic heterocycles. The summed E-state index contributed by atoms with van der Waals surface area (Å²) in [7, 11) is 0. The summed E-state index contributed by atoms with van der Waals surface area (Å²) in [5.41, 5.74) is 0.292. The van der Waals surface area contributed by atoms with Crippen LogP contribution < -0.4 is 0 Å². The highest BCUT2D eigenvalue weighted by atomic mass is 19.1. The van der Waals surface area contributed by atoms with E-state index in [-0.39, 0.29) is 12.1 Å². The topological polar surface area (TPSA) is 87.1 Å². The van der Waals surface area contributed by atoms with Crippen molar-refractivity contribution in [3.63, 3.8) is 0 Å². The highest BCUT2D eigenvalue weighted by Gasteiger charge is 2.44. The van der Waals surface area contributed by atoms with Gasteiger partial charge < -0.3 is 15.1 Å². The molecule has 0 fully saturated rings. The standard InChI is InChI=1S/C18H14FNO5/c19-13-9-5-4-8-12(13)15-14(17(21)22)16(18(23)24)25-20(15)10-11-6-2-1-3-7-11/h1-9,15H,10H2,(H,21,22)(H,23,24)/t15-/m1/s1. The molecule has 6 nitrogen and oxygen atoms in total. The highest BCUT2D eigenvalue weighted by molar-refractivity contribution is 5.99. The number of halogens is 1. The largest absolute Gasteiger partial charge is 0.478 e. The van der Waals surface area contributed by atoms with Crippen molar-refractivity contribution in [3.8, 4) is 0 Å². The molecule has 3 rings (SSSR count). The van der Waals surface area contributed by atoms with Crippen LogP contribution >= 0.6 is 0 Å². The van der Waals surface area contributed by atoms with Gasteiger partial charge in [0.2, 0.25) is 5.76 Å². The lowest BCUT2D eigenvalue weighted by atomic mass is 9.97. The first kappa shape index (κ1) is 16.7. The van der Waals surface area contributed by atoms with Crippen molar-refractivity contribution in [2.75, 3.05) is 0 Å². The Labute approximate surface area is 142 Å². The van der Waals surface area contributed by atoms with Gasteiger partial charge >= 0.3 is 11.9 Å². The molecule has 0 bridgehead atoms. The molecule has 1 heterocycles. The smallest absolute Gasteiger partial charge is 0.374 e. The van der Waals surface area contributed by atoms with Gasteiger partial charge in [-0.15, -0.1) is 5.06 Å². The van der Waals surface area contributed by atoms with E-state index in [1.54, 1.807) is 30.3 Å². The summed E-state index contributed by atoms with van der Waals surface area (Å²) in [4.78, 5) is 28.4. The van der Waals surface area contributed by atoms with Gasteiger partial charge in [-0.3, -0.25) is 0 Å². The summed E-state index contributed by atoms with van der Waals surface area (Å²) in [6.07, 6.45) is 0. The van der Waals surface area contributed by atoms with Crippen molar-refractivity contribution in [3.05, 3.63) is 82.9 Å². The Kier molecular flexibility index (Phi) is 4.49. The summed E-state index contributed by atoms with van der Waals surface area (Å²) in [5, 5.41) is 19.9. The molecule has 2 aromatic carbocycles. The van der Waals surface area contributed by atoms with E-state index < -0.39 is 35.1 Å². The summed E-state index contributed by atoms with van der Waals surface area (Å²) in [5.74, 6) is -4.34. The van der Waals surface area contributed by atoms with Gasteiger partial charge in [0.1, 0.15) is 17.4 Å². The monoisotopic (exact) mass is 343 g/mol. The number of hydrogen-bond donors (Lipinski definition) is 2. The molecule has 0 saturated heterocycles. The molecule has 2 aromatic rings. The van der Waals surface area contributed by atoms with Crippen LogP contribution in [0.3, 0.4) is 0 Å². The molecule has 128 valence electrons. The number of carboxylic acid groups (broad SMARTS) is 2. The van der Waals surface area contributed by atoms with Gasteiger partial charge in [-0.2, -0.15) is 0 Å². The van der Waals surface area contributed by atoms with Crippen LogP contribution in [-0.4, -0.2) is 27.2 Å². The Morgan fingerprint density at radius 1 is 1.00 bits per heavy atom. The van der Waals surface area contributed by atoms with Gasteiger partial charge in [-0.25, -0.2) is 14.0 Å². The number of aliphatic carboxylic acids is 2. The number of nitrogens with zero attached hydrogens (tertiary/aromatic N) is 1. The molecule has 0 saturated carbocycles. The van der Waals surface area contributed by atoms with E-state index in [1.165, 1.54) is 23.3 Å². The number of hydroxylamine groups is 2. The fourth-order valence-electron chi connectivity index (χ4n) is 2.75. The Hall–Kier alpha value is -3.19. The summed E-state index contributed by atoms with van der Waals surface area (Å²) < 4.78 is 14.3. The fourth-order valence-corrected chi connectivity index (χ4v) is 2.75. The minimum Gasteiger partial charge on any atom is -0.478 e. The third-order valence-electron chi connectivity index (χ3n) is 3.82. The summed E-state index contributed by atoms with van der Waals surface area (Å²) in [6.45, 7) is 0.0907. The molecular formula is C18H14FNO5. The van der Waals surface area contributed by atoms with E-state index in [9.17, 15) is 24.2 Å². The molecule has 0 spiro atoms. The molecule has 0 aliphatic carbocycles. The first-order valence-electron chi connectivity index (χ1n) is 7.42. The van der Waals surface area contributed by atoms with Crippen molar-refractivity contribution in [2.24, 2.45) is 0 Å². The van der Waals surface area contributed by atoms with Crippen LogP contribution in [0.2, 0.25) is 0 Å². The maximum absolute atomic E-state index is 14.3. The molecule has 0 amide bonds. The normalized spacial score (nSPS) is 17.4. The molecule has 2 N–H and O–H groups in total. The molecule has 25 heavy (non-hydrogen) atoms. The predicted molar refractivity (Wildman–Crippen MR) is 84.5 cm³/mol. The number of carbonyl (C=O) groups is 2. The number of rotatable bonds is 5. The Balaban J connectivity index is 2.08. The Morgan fingerprint density at radius 2 is 1.64 bits per heavy atom. The van der Waals surface area contributed by atoms with E-state index in [0.717, 1.165) is 5.56 Å². The quantitative estimate of drug-likeness (QED) is 0.868. The molecular weight excluding hydrogens is 329 g/mol. The van der Waals surface area contributed by atoms with Crippen LogP contribution in [0.5, 0.6) is 0 Å². The lowest BCUT2D eigenvalue weighted by Crippen LogP contribution is -2.26. The average molecular weight is 343 g/mol. The molecule has 0 unspecified atom stereocenters. The molecule has 1 aliphatic rings. The van der Waals surface area contributed by atoms with E-state index in [4.69, 9.17) is 4.84 Å². The average Bonchev–Trinajstić information content (AvgIpc) is 2.96. The minimum absolute atomic E-state index is 0.0343. The molecule has 7 heteroatoms. The maximum Gasteiger partial charge on any atom is 0.374 e. The van der Waals surface area contributed by atoms with Gasteiger partial charge in [0, 0.05) is 5.56 Å². The highest BCUT2D eigenvalue weighted by Crippen LogP contribution is 2.40. The van der Waals surface area contributed by atoms with E-state index in [0.29, 0.717) is 0 Å². The van der Waals surface area contributed by atoms with Crippen LogP contribution in [0.1, 0.15) is 17.2 Å². The van der Waals surface area contributed by atoms with Crippen molar-refractivity contribution < 1.29 is 29.0 Å². The first-order valence-corrected chi connectivity index (χ1v) is 7.42. The van der Waals surface area contributed by atoms with Gasteiger partial charge in [0.25, 0.3) is 0 Å². The first-order chi connectivity index (χ1) is 12.0. The zero-order valence-corrected chi connectivity index (χ0v) is 12.9. The summed E-state index contributed by atoms with van der Waals surface area (Å²) >= 11 is 0. The Bertz CT molecular complexity index is 850. The zero-order valence-electron chi connectivity index (χ0n) is 12.9. The Morgan fingerprint density at radius 3 is 2.24 bits per heavy atom. The predicted octanol–water partition coefficient (Wildman–Crippen LogP) is 2.74. The second-order valence-corrected chi connectivity index (χ2v) is 5.43. The van der Waals surface area contributed by atoms with Crippen LogP contribution in [0.4, 0.5) is 4.39 Å². The maximum atomic E-state index is 14.3. The third-order valence-corrected chi connectivity index (χ3v) is 3.82. The second kappa shape index (κ2) is 6.74. The lowest BCUT2D eigenvalue weighted by Gasteiger charge is -2.24. The summed E-state index contributed by atoms with van der Waals surface area (Å²) in [6, 6.07) is 13.4. The molecule has 1 aliphatic heterocycles. The SMILES string of the molecule is O=C(O)C1=C(C(=O)O)[C@@H](c2ccccc2F)N(Cc2ccccc2)O1. The van der Waals surface area contributed by atoms with E-state index >= 15 is 0 Å². The number of benzene rings is 2. The van der Waals surface area contributed by atoms with Crippen molar-refractivity contribution in [1.29, 1.82) is 0 Å². The van der Waals surface area contributed by atoms with Crippen LogP contribution in [0, 0.1) is 5.82 Å². The van der Waals surface area contributed by atoms with Crippen LogP contribution in [-0.2, 0) is 21.0 Å². The number of hydrogen-bond acceptors (Lipinski definition) is 4. The van der Waals surface area contributed by atoms with Crippen molar-refractivity contribution in [1.82, 2.24) is 5.06 Å². The zero-order chi connectivity index (χ0) is 18.0. The van der Waals surface area contributed by atoms with Gasteiger partial charge in [0.05, 0.1) is 6.54 Å². The fraction of sp³-hybridized carbons (Fsp3) is 0.111. The van der Waals surface area contributed by atoms with Crippen LogP contribution in [0.15, 0.2) is 65.9 Å². The van der Waals surface area contributed by atoms with Gasteiger partial charge in [-0.1, -0.05) is 48.5 Å². The van der Waals surface area contributed by atoms with E-state index in [2.05, 4.69) is 0 Å². The van der Waals surface area contributed by atoms with E-state index in [1.807, 2.05) is 6.07 Å². The lowest BCUT2D eigenvalue weighted by molar-refractivity contribution is -0.158. The third kappa shape index (κ3) is 3.22. The molecule has 1 atom stereocenters. The van der Waals surface area contributed by atoms with Crippen LogP contribution in [0.25, 0.3) is 0 Å². The minimum atomic E-state index is -1.52. The second-order valence-electron chi connectivity index (χ2n) is 5.43.